The van der Waals surface area contributed by atoms with E-state index in [9.17, 15) is 9.18 Å². The standard InChI is InChI=1S/C12H6BrClFNO/c13-10-2-1-7(14)5-9(10)12(17)8-3-4-16-6-11(8)15/h1-6H. The molecular weight excluding hydrogens is 308 g/mol. The average Bonchev–Trinajstić information content (AvgIpc) is 2.32. The molecule has 0 fully saturated rings. The van der Waals surface area contributed by atoms with Crippen LogP contribution in [-0.2, 0) is 0 Å². The Bertz CT molecular complexity index is 588. The molecule has 2 nitrogen and oxygen atoms in total. The van der Waals surface area contributed by atoms with Gasteiger partial charge in [-0.15, -0.1) is 0 Å². The van der Waals surface area contributed by atoms with Gasteiger partial charge in [-0.1, -0.05) is 27.5 Å². The molecule has 2 aromatic rings. The molecule has 5 heteroatoms. The first-order valence-electron chi connectivity index (χ1n) is 4.69. The lowest BCUT2D eigenvalue weighted by molar-refractivity contribution is 0.103. The summed E-state index contributed by atoms with van der Waals surface area (Å²) < 4.78 is 14.0. The van der Waals surface area contributed by atoms with E-state index in [-0.39, 0.29) is 5.56 Å². The molecule has 1 aromatic heterocycles. The lowest BCUT2D eigenvalue weighted by atomic mass is 10.0. The highest BCUT2D eigenvalue weighted by Crippen LogP contribution is 2.24. The second-order valence-electron chi connectivity index (χ2n) is 3.31. The van der Waals surface area contributed by atoms with Gasteiger partial charge in [0.1, 0.15) is 0 Å². The second kappa shape index (κ2) is 4.94. The molecule has 0 radical (unpaired) electrons. The van der Waals surface area contributed by atoms with Crippen molar-refractivity contribution in [1.29, 1.82) is 0 Å². The molecule has 86 valence electrons. The zero-order valence-electron chi connectivity index (χ0n) is 8.45. The Balaban J connectivity index is 2.51. The fourth-order valence-corrected chi connectivity index (χ4v) is 1.97. The summed E-state index contributed by atoms with van der Waals surface area (Å²) >= 11 is 9.04. The third kappa shape index (κ3) is 2.53. The summed E-state index contributed by atoms with van der Waals surface area (Å²) in [6.45, 7) is 0. The number of pyridine rings is 1. The van der Waals surface area contributed by atoms with Crippen LogP contribution in [0.1, 0.15) is 15.9 Å². The number of aromatic nitrogens is 1. The van der Waals surface area contributed by atoms with Crippen LogP contribution >= 0.6 is 27.5 Å². The molecule has 2 rings (SSSR count). The minimum absolute atomic E-state index is 0.0250. The first-order chi connectivity index (χ1) is 8.09. The van der Waals surface area contributed by atoms with Gasteiger partial charge in [-0.2, -0.15) is 0 Å². The average molecular weight is 315 g/mol. The van der Waals surface area contributed by atoms with Crippen LogP contribution in [0.3, 0.4) is 0 Å². The van der Waals surface area contributed by atoms with E-state index in [2.05, 4.69) is 20.9 Å². The van der Waals surface area contributed by atoms with Crippen molar-refractivity contribution in [3.8, 4) is 0 Å². The predicted molar refractivity (Wildman–Crippen MR) is 66.8 cm³/mol. The minimum Gasteiger partial charge on any atom is -0.288 e. The van der Waals surface area contributed by atoms with E-state index >= 15 is 0 Å². The van der Waals surface area contributed by atoms with Gasteiger partial charge in [0.05, 0.1) is 11.8 Å². The highest BCUT2D eigenvalue weighted by atomic mass is 79.9. The fourth-order valence-electron chi connectivity index (χ4n) is 1.38. The van der Waals surface area contributed by atoms with Crippen molar-refractivity contribution in [2.24, 2.45) is 0 Å². The maximum Gasteiger partial charge on any atom is 0.197 e. The molecule has 0 saturated heterocycles. The Hall–Kier alpha value is -1.26. The van der Waals surface area contributed by atoms with Gasteiger partial charge in [0, 0.05) is 21.3 Å². The van der Waals surface area contributed by atoms with E-state index in [0.717, 1.165) is 6.20 Å². The number of benzene rings is 1. The molecule has 0 saturated carbocycles. The van der Waals surface area contributed by atoms with Crippen LogP contribution in [0.2, 0.25) is 5.02 Å². The highest BCUT2D eigenvalue weighted by molar-refractivity contribution is 9.10. The van der Waals surface area contributed by atoms with Crippen LogP contribution in [-0.4, -0.2) is 10.8 Å². The predicted octanol–water partition coefficient (Wildman–Crippen LogP) is 3.87. The van der Waals surface area contributed by atoms with Gasteiger partial charge in [0.15, 0.2) is 11.6 Å². The Kier molecular flexibility index (Phi) is 3.54. The largest absolute Gasteiger partial charge is 0.288 e. The van der Waals surface area contributed by atoms with Crippen LogP contribution in [0.5, 0.6) is 0 Å². The van der Waals surface area contributed by atoms with Crippen LogP contribution in [0.25, 0.3) is 0 Å². The maximum atomic E-state index is 13.4. The van der Waals surface area contributed by atoms with Crippen molar-refractivity contribution in [2.75, 3.05) is 0 Å². The molecule has 0 spiro atoms. The maximum absolute atomic E-state index is 13.4. The topological polar surface area (TPSA) is 30.0 Å². The van der Waals surface area contributed by atoms with Gasteiger partial charge in [-0.05, 0) is 24.3 Å². The number of ketones is 1. The zero-order chi connectivity index (χ0) is 12.4. The lowest BCUT2D eigenvalue weighted by Gasteiger charge is -2.05. The summed E-state index contributed by atoms with van der Waals surface area (Å²) in [5.74, 6) is -1.08. The molecule has 0 aliphatic carbocycles. The summed E-state index contributed by atoms with van der Waals surface area (Å²) in [5.41, 5.74) is 0.297. The number of carbonyl (C=O) groups excluding carboxylic acids is 1. The summed E-state index contributed by atoms with van der Waals surface area (Å²) in [4.78, 5) is 15.7. The first kappa shape index (κ1) is 12.2. The van der Waals surface area contributed by atoms with Crippen LogP contribution < -0.4 is 0 Å². The quantitative estimate of drug-likeness (QED) is 0.788. The molecule has 0 unspecified atom stereocenters. The van der Waals surface area contributed by atoms with Crippen molar-refractivity contribution in [3.63, 3.8) is 0 Å². The van der Waals surface area contributed by atoms with E-state index in [4.69, 9.17) is 11.6 Å². The van der Waals surface area contributed by atoms with Gasteiger partial charge in [-0.3, -0.25) is 9.78 Å². The Morgan fingerprint density at radius 1 is 1.29 bits per heavy atom. The Morgan fingerprint density at radius 3 is 2.76 bits per heavy atom. The number of halogens is 3. The van der Waals surface area contributed by atoms with E-state index in [1.165, 1.54) is 18.3 Å². The number of hydrogen-bond donors (Lipinski definition) is 0. The zero-order valence-corrected chi connectivity index (χ0v) is 10.8. The van der Waals surface area contributed by atoms with Crippen molar-refractivity contribution >= 4 is 33.3 Å². The van der Waals surface area contributed by atoms with Crippen LogP contribution in [0, 0.1) is 5.82 Å². The lowest BCUT2D eigenvalue weighted by Crippen LogP contribution is -2.05. The first-order valence-corrected chi connectivity index (χ1v) is 5.86. The Labute approximate surface area is 111 Å². The van der Waals surface area contributed by atoms with Crippen LogP contribution in [0.15, 0.2) is 41.1 Å². The Morgan fingerprint density at radius 2 is 2.06 bits per heavy atom. The van der Waals surface area contributed by atoms with Crippen molar-refractivity contribution in [1.82, 2.24) is 4.98 Å². The minimum atomic E-state index is -0.649. The molecule has 0 amide bonds. The van der Waals surface area contributed by atoms with E-state index < -0.39 is 11.6 Å². The van der Waals surface area contributed by atoms with Gasteiger partial charge in [0.25, 0.3) is 0 Å². The smallest absolute Gasteiger partial charge is 0.197 e. The molecular formula is C12H6BrClFNO. The van der Waals surface area contributed by atoms with Crippen molar-refractivity contribution < 1.29 is 9.18 Å². The molecule has 0 N–H and O–H groups in total. The third-order valence-electron chi connectivity index (χ3n) is 2.19. The number of rotatable bonds is 2. The monoisotopic (exact) mass is 313 g/mol. The van der Waals surface area contributed by atoms with E-state index in [0.29, 0.717) is 15.1 Å². The summed E-state index contributed by atoms with van der Waals surface area (Å²) in [6.07, 6.45) is 2.38. The SMILES string of the molecule is O=C(c1ccncc1F)c1cc(Cl)ccc1Br. The summed E-state index contributed by atoms with van der Waals surface area (Å²) in [7, 11) is 0. The number of nitrogens with zero attached hydrogens (tertiary/aromatic N) is 1. The molecule has 1 heterocycles. The molecule has 0 aliphatic heterocycles. The van der Waals surface area contributed by atoms with Crippen LogP contribution in [0.4, 0.5) is 4.39 Å². The molecule has 17 heavy (non-hydrogen) atoms. The summed E-state index contributed by atoms with van der Waals surface area (Å²) in [6, 6.07) is 6.12. The molecule has 0 atom stereocenters. The van der Waals surface area contributed by atoms with Crippen molar-refractivity contribution in [2.45, 2.75) is 0 Å². The fraction of sp³-hybridized carbons (Fsp3) is 0. The second-order valence-corrected chi connectivity index (χ2v) is 4.60. The highest BCUT2D eigenvalue weighted by Gasteiger charge is 2.16. The molecule has 0 bridgehead atoms. The molecule has 1 aromatic carbocycles. The van der Waals surface area contributed by atoms with Crippen molar-refractivity contribution in [3.05, 3.63) is 63.1 Å². The van der Waals surface area contributed by atoms with Gasteiger partial charge in [-0.25, -0.2) is 4.39 Å². The summed E-state index contributed by atoms with van der Waals surface area (Å²) in [5, 5.41) is 0.422. The van der Waals surface area contributed by atoms with Gasteiger partial charge >= 0.3 is 0 Å². The number of hydrogen-bond acceptors (Lipinski definition) is 2. The van der Waals surface area contributed by atoms with E-state index in [1.807, 2.05) is 0 Å². The number of carbonyl (C=O) groups is 1. The van der Waals surface area contributed by atoms with Gasteiger partial charge in [0.2, 0.25) is 0 Å². The third-order valence-corrected chi connectivity index (χ3v) is 3.12. The normalized spacial score (nSPS) is 10.3. The van der Waals surface area contributed by atoms with E-state index in [1.54, 1.807) is 12.1 Å². The molecule has 0 aliphatic rings. The van der Waals surface area contributed by atoms with Gasteiger partial charge < -0.3 is 0 Å².